The molecule has 0 bridgehead atoms. The molecular formula is C47H89N3O2. The Bertz CT molecular complexity index is 830. The maximum absolute atomic E-state index is 6.49. The van der Waals surface area contributed by atoms with Crippen LogP contribution >= 0.6 is 0 Å². The average molecular weight is 728 g/mol. The molecule has 1 aliphatic heterocycles. The quantitative estimate of drug-likeness (QED) is 0.0466. The van der Waals surface area contributed by atoms with Gasteiger partial charge in [-0.15, -0.1) is 0 Å². The first kappa shape index (κ1) is 48.8. The molecule has 0 aromatic carbocycles. The van der Waals surface area contributed by atoms with Crippen LogP contribution in [0, 0.1) is 0 Å². The maximum Gasteiger partial charge on any atom is 0.0934 e. The van der Waals surface area contributed by atoms with E-state index in [1.807, 2.05) is 0 Å². The number of unbranched alkanes of at least 4 members (excludes halogenated alkanes) is 18. The van der Waals surface area contributed by atoms with E-state index in [4.69, 9.17) is 9.47 Å². The van der Waals surface area contributed by atoms with Crippen LogP contribution in [0.1, 0.15) is 168 Å². The third-order valence-corrected chi connectivity index (χ3v) is 10.3. The first-order chi connectivity index (χ1) is 25.7. The largest absolute Gasteiger partial charge is 0.379 e. The van der Waals surface area contributed by atoms with E-state index in [2.05, 4.69) is 91.3 Å². The maximum atomic E-state index is 6.49. The van der Waals surface area contributed by atoms with Crippen LogP contribution in [0.3, 0.4) is 0 Å². The standard InChI is InChI=1S/C47H89N3O2/c1-5-7-9-11-13-15-17-19-21-23-25-27-29-31-33-35-43-51-46-47(45-50-41-39-49(40-42-50)38-37-48(3)4)52-44-36-34-32-30-28-26-24-22-20-18-16-14-12-10-8-6-2/h13-16,19-22,47H,5-12,17-18,23-46H2,1-4H3/b15-13-,16-14-,21-19-,22-20-. The molecule has 1 fully saturated rings. The Labute approximate surface area is 325 Å². The van der Waals surface area contributed by atoms with Crippen molar-refractivity contribution in [1.82, 2.24) is 14.7 Å². The summed E-state index contributed by atoms with van der Waals surface area (Å²) in [6.07, 6.45) is 49.8. The number of hydrogen-bond acceptors (Lipinski definition) is 5. The molecule has 5 nitrogen and oxygen atoms in total. The lowest BCUT2D eigenvalue weighted by Gasteiger charge is -2.36. The second-order valence-corrected chi connectivity index (χ2v) is 15.7. The van der Waals surface area contributed by atoms with E-state index in [0.29, 0.717) is 0 Å². The molecule has 1 unspecified atom stereocenters. The summed E-state index contributed by atoms with van der Waals surface area (Å²) < 4.78 is 12.7. The highest BCUT2D eigenvalue weighted by Gasteiger charge is 2.21. The highest BCUT2D eigenvalue weighted by Crippen LogP contribution is 2.12. The van der Waals surface area contributed by atoms with Crippen molar-refractivity contribution in [3.63, 3.8) is 0 Å². The molecule has 0 aromatic rings. The van der Waals surface area contributed by atoms with Crippen molar-refractivity contribution in [1.29, 1.82) is 0 Å². The minimum absolute atomic E-state index is 0.191. The minimum Gasteiger partial charge on any atom is -0.379 e. The predicted octanol–water partition coefficient (Wildman–Crippen LogP) is 12.2. The number of piperazine rings is 1. The number of rotatable bonds is 38. The molecule has 0 aromatic heterocycles. The predicted molar refractivity (Wildman–Crippen MR) is 231 cm³/mol. The third-order valence-electron chi connectivity index (χ3n) is 10.3. The van der Waals surface area contributed by atoms with Crippen LogP contribution < -0.4 is 0 Å². The summed E-state index contributed by atoms with van der Waals surface area (Å²) >= 11 is 0. The Hall–Kier alpha value is -1.24. The van der Waals surface area contributed by atoms with Crippen LogP contribution in [0.2, 0.25) is 0 Å². The molecule has 1 heterocycles. The summed E-state index contributed by atoms with van der Waals surface area (Å²) in [5.74, 6) is 0. The van der Waals surface area contributed by atoms with Gasteiger partial charge >= 0.3 is 0 Å². The normalized spacial score (nSPS) is 15.6. The zero-order chi connectivity index (χ0) is 37.4. The van der Waals surface area contributed by atoms with Gasteiger partial charge in [0.15, 0.2) is 0 Å². The van der Waals surface area contributed by atoms with Gasteiger partial charge in [-0.05, 0) is 91.1 Å². The van der Waals surface area contributed by atoms with Crippen molar-refractivity contribution in [2.75, 3.05) is 79.7 Å². The number of likely N-dealkylation sites (N-methyl/N-ethyl adjacent to an activating group) is 1. The van der Waals surface area contributed by atoms with Gasteiger partial charge in [0.1, 0.15) is 0 Å². The highest BCUT2D eigenvalue weighted by molar-refractivity contribution is 4.93. The van der Waals surface area contributed by atoms with Crippen molar-refractivity contribution in [2.24, 2.45) is 0 Å². The molecule has 5 heteroatoms. The van der Waals surface area contributed by atoms with Crippen LogP contribution in [0.25, 0.3) is 0 Å². The zero-order valence-corrected chi connectivity index (χ0v) is 35.4. The van der Waals surface area contributed by atoms with Gasteiger partial charge in [-0.3, -0.25) is 9.80 Å². The zero-order valence-electron chi connectivity index (χ0n) is 35.4. The van der Waals surface area contributed by atoms with Crippen molar-refractivity contribution < 1.29 is 9.47 Å². The van der Waals surface area contributed by atoms with E-state index >= 15 is 0 Å². The molecule has 52 heavy (non-hydrogen) atoms. The minimum atomic E-state index is 0.191. The Kier molecular flexibility index (Phi) is 37.0. The summed E-state index contributed by atoms with van der Waals surface area (Å²) in [5, 5.41) is 0. The van der Waals surface area contributed by atoms with E-state index in [1.165, 1.54) is 161 Å². The lowest BCUT2D eigenvalue weighted by molar-refractivity contribution is -0.0398. The number of ether oxygens (including phenoxy) is 2. The number of nitrogens with zero attached hydrogens (tertiary/aromatic N) is 3. The molecule has 0 amide bonds. The summed E-state index contributed by atoms with van der Waals surface area (Å²) in [6.45, 7) is 15.0. The molecule has 304 valence electrons. The first-order valence-corrected chi connectivity index (χ1v) is 22.5. The van der Waals surface area contributed by atoms with Crippen molar-refractivity contribution in [3.05, 3.63) is 48.6 Å². The van der Waals surface area contributed by atoms with Crippen molar-refractivity contribution in [2.45, 2.75) is 174 Å². The van der Waals surface area contributed by atoms with Crippen molar-refractivity contribution in [3.8, 4) is 0 Å². The molecule has 1 atom stereocenters. The molecule has 1 rings (SSSR count). The molecule has 0 saturated carbocycles. The first-order valence-electron chi connectivity index (χ1n) is 22.5. The molecule has 0 aliphatic carbocycles. The fourth-order valence-electron chi connectivity index (χ4n) is 6.73. The monoisotopic (exact) mass is 728 g/mol. The smallest absolute Gasteiger partial charge is 0.0934 e. The molecule has 1 saturated heterocycles. The summed E-state index contributed by atoms with van der Waals surface area (Å²) in [4.78, 5) is 7.51. The molecular weight excluding hydrogens is 639 g/mol. The van der Waals surface area contributed by atoms with Gasteiger partial charge in [0.05, 0.1) is 12.7 Å². The van der Waals surface area contributed by atoms with Gasteiger partial charge in [0.25, 0.3) is 0 Å². The molecule has 1 aliphatic rings. The lowest BCUT2D eigenvalue weighted by Crippen LogP contribution is -2.50. The third kappa shape index (κ3) is 34.5. The van der Waals surface area contributed by atoms with E-state index in [0.717, 1.165) is 58.8 Å². The van der Waals surface area contributed by atoms with Gasteiger partial charge in [0.2, 0.25) is 0 Å². The number of hydrogen-bond donors (Lipinski definition) is 0. The van der Waals surface area contributed by atoms with Gasteiger partial charge in [-0.25, -0.2) is 0 Å². The number of allylic oxidation sites excluding steroid dienone is 8. The Morgan fingerprint density at radius 2 is 0.923 bits per heavy atom. The van der Waals surface area contributed by atoms with Gasteiger partial charge < -0.3 is 14.4 Å². The summed E-state index contributed by atoms with van der Waals surface area (Å²) in [5.41, 5.74) is 0. The Morgan fingerprint density at radius 3 is 1.40 bits per heavy atom. The molecule has 0 radical (unpaired) electrons. The van der Waals surface area contributed by atoms with E-state index < -0.39 is 0 Å². The molecule has 0 N–H and O–H groups in total. The van der Waals surface area contributed by atoms with Crippen LogP contribution in [-0.4, -0.2) is 101 Å². The van der Waals surface area contributed by atoms with Crippen LogP contribution in [0.15, 0.2) is 48.6 Å². The lowest BCUT2D eigenvalue weighted by atomic mass is 10.1. The van der Waals surface area contributed by atoms with Crippen LogP contribution in [0.5, 0.6) is 0 Å². The highest BCUT2D eigenvalue weighted by atomic mass is 16.5. The van der Waals surface area contributed by atoms with Crippen molar-refractivity contribution >= 4 is 0 Å². The summed E-state index contributed by atoms with van der Waals surface area (Å²) in [6, 6.07) is 0. The van der Waals surface area contributed by atoms with E-state index in [1.54, 1.807) is 0 Å². The Balaban J connectivity index is 2.16. The fourth-order valence-corrected chi connectivity index (χ4v) is 6.73. The Morgan fingerprint density at radius 1 is 0.500 bits per heavy atom. The van der Waals surface area contributed by atoms with Gasteiger partial charge in [-0.2, -0.15) is 0 Å². The fraction of sp³-hybridized carbons (Fsp3) is 0.830. The summed E-state index contributed by atoms with van der Waals surface area (Å²) in [7, 11) is 4.34. The van der Waals surface area contributed by atoms with E-state index in [-0.39, 0.29) is 6.10 Å². The molecule has 0 spiro atoms. The second kappa shape index (κ2) is 39.5. The van der Waals surface area contributed by atoms with E-state index in [9.17, 15) is 0 Å². The van der Waals surface area contributed by atoms with Gasteiger partial charge in [-0.1, -0.05) is 140 Å². The average Bonchev–Trinajstić information content (AvgIpc) is 3.15. The topological polar surface area (TPSA) is 28.2 Å². The second-order valence-electron chi connectivity index (χ2n) is 15.7. The van der Waals surface area contributed by atoms with Crippen LogP contribution in [-0.2, 0) is 9.47 Å². The SMILES string of the molecule is CCCCC/C=C\C/C=C\CCCCCCCCOCC(CN1CCN(CCN(C)C)CC1)OCCCCCCCC/C=C\C/C=C\CCCCC. The van der Waals surface area contributed by atoms with Crippen LogP contribution in [0.4, 0.5) is 0 Å². The van der Waals surface area contributed by atoms with Gasteiger partial charge in [0, 0.05) is 59.0 Å².